The zero-order valence-electron chi connectivity index (χ0n) is 29.2. The molecule has 0 aliphatic carbocycles. The molecule has 0 atom stereocenters. The minimum Gasteiger partial charge on any atom is -0.0885 e. The van der Waals surface area contributed by atoms with Gasteiger partial charge in [-0.1, -0.05) is 186 Å². The Kier molecular flexibility index (Phi) is 43.3. The van der Waals surface area contributed by atoms with Gasteiger partial charge in [-0.05, 0) is 89.9 Å². The summed E-state index contributed by atoms with van der Waals surface area (Å²) in [5.41, 5.74) is 0. The van der Waals surface area contributed by atoms with Gasteiger partial charge in [0.05, 0.1) is 0 Å². The van der Waals surface area contributed by atoms with Gasteiger partial charge in [0.25, 0.3) is 0 Å². The predicted octanol–water partition coefficient (Wildman–Crippen LogP) is 15.0. The van der Waals surface area contributed by atoms with E-state index in [1.165, 1.54) is 25.7 Å². The van der Waals surface area contributed by atoms with Crippen LogP contribution in [0.2, 0.25) is 0 Å². The first-order valence-corrected chi connectivity index (χ1v) is 17.6. The molecular weight excluding hydrogens is 528 g/mol. The van der Waals surface area contributed by atoms with Crippen LogP contribution in [0.15, 0.2) is 146 Å². The van der Waals surface area contributed by atoms with E-state index in [2.05, 4.69) is 174 Å². The van der Waals surface area contributed by atoms with Crippen LogP contribution in [0.5, 0.6) is 0 Å². The van der Waals surface area contributed by atoms with Crippen LogP contribution in [0.1, 0.15) is 130 Å². The summed E-state index contributed by atoms with van der Waals surface area (Å²) >= 11 is 0. The molecule has 0 aromatic carbocycles. The Morgan fingerprint density at radius 1 is 0.205 bits per heavy atom. The first kappa shape index (κ1) is 43.0. The second kappa shape index (κ2) is 44.3. The van der Waals surface area contributed by atoms with Crippen LogP contribution in [0, 0.1) is 0 Å². The Morgan fingerprint density at radius 2 is 0.364 bits per heavy atom. The van der Waals surface area contributed by atoms with Crippen LogP contribution in [0.3, 0.4) is 0 Å². The molecule has 0 rings (SSSR count). The van der Waals surface area contributed by atoms with Crippen molar-refractivity contribution in [3.8, 4) is 0 Å². The van der Waals surface area contributed by atoms with Gasteiger partial charge in [-0.3, -0.25) is 0 Å². The molecule has 244 valence electrons. The SMILES string of the molecule is CC/C=C\C/C=C\C/C=C\C/C=C\C/C=C\C/C=C\CCC.CC/C=C\C/C=C\C/C=C\C/C=C\C/C=C\C/C=C\CCC. The van der Waals surface area contributed by atoms with Crippen molar-refractivity contribution >= 4 is 0 Å². The maximum absolute atomic E-state index is 2.26. The lowest BCUT2D eigenvalue weighted by atomic mass is 10.2. The lowest BCUT2D eigenvalue weighted by Crippen LogP contribution is -1.65. The summed E-state index contributed by atoms with van der Waals surface area (Å²) < 4.78 is 0. The average Bonchev–Trinajstić information content (AvgIpc) is 3.04. The van der Waals surface area contributed by atoms with Crippen molar-refractivity contribution in [2.45, 2.75) is 130 Å². The molecule has 0 aliphatic rings. The van der Waals surface area contributed by atoms with Crippen molar-refractivity contribution in [1.82, 2.24) is 0 Å². The molecule has 0 aromatic heterocycles. The highest BCUT2D eigenvalue weighted by Gasteiger charge is 1.78. The van der Waals surface area contributed by atoms with Crippen molar-refractivity contribution in [2.24, 2.45) is 0 Å². The summed E-state index contributed by atoms with van der Waals surface area (Å²) in [7, 11) is 0. The molecule has 44 heavy (non-hydrogen) atoms. The standard InChI is InChI=1S/2C22H34/c2*1-3-5-7-9-11-13-15-17-19-21-22-20-18-16-14-12-10-8-6-4-2/h2*5,7-8,10-11,13-14,16-17,19-20,22H,3-4,6,9,12,15,18,21H2,1-2H3/b2*7-5-,10-8-,13-11-,16-14-,19-17-,22-20-. The van der Waals surface area contributed by atoms with E-state index in [4.69, 9.17) is 0 Å². The summed E-state index contributed by atoms with van der Waals surface area (Å²) in [4.78, 5) is 0. The van der Waals surface area contributed by atoms with E-state index < -0.39 is 0 Å². The third-order valence-corrected chi connectivity index (χ3v) is 6.10. The van der Waals surface area contributed by atoms with Gasteiger partial charge in [0, 0.05) is 0 Å². The molecule has 0 aromatic rings. The molecule has 0 spiro atoms. The zero-order chi connectivity index (χ0) is 32.3. The molecule has 0 heteroatoms. The summed E-state index contributed by atoms with van der Waals surface area (Å²) in [5, 5.41) is 0. The maximum Gasteiger partial charge on any atom is -0.0169 e. The van der Waals surface area contributed by atoms with Gasteiger partial charge in [-0.25, -0.2) is 0 Å². The molecule has 0 fully saturated rings. The Hall–Kier alpha value is -3.12. The molecule has 0 aliphatic heterocycles. The van der Waals surface area contributed by atoms with Crippen LogP contribution >= 0.6 is 0 Å². The third kappa shape index (κ3) is 45.9. The Bertz CT molecular complexity index is 826. The third-order valence-electron chi connectivity index (χ3n) is 6.10. The Labute approximate surface area is 275 Å². The van der Waals surface area contributed by atoms with Crippen molar-refractivity contribution in [1.29, 1.82) is 0 Å². The van der Waals surface area contributed by atoms with Gasteiger partial charge >= 0.3 is 0 Å². The van der Waals surface area contributed by atoms with E-state index in [0.29, 0.717) is 0 Å². The Morgan fingerprint density at radius 3 is 0.523 bits per heavy atom. The second-order valence-corrected chi connectivity index (χ2v) is 10.4. The minimum absolute atomic E-state index is 1.04. The number of allylic oxidation sites excluding steroid dienone is 24. The molecular formula is C44H68. The highest BCUT2D eigenvalue weighted by molar-refractivity contribution is 5.03. The largest absolute Gasteiger partial charge is 0.0885 e. The fourth-order valence-corrected chi connectivity index (χ4v) is 3.61. The average molecular weight is 597 g/mol. The zero-order valence-corrected chi connectivity index (χ0v) is 29.2. The topological polar surface area (TPSA) is 0 Å². The molecule has 0 saturated carbocycles. The van der Waals surface area contributed by atoms with Crippen LogP contribution in [0.25, 0.3) is 0 Å². The fraction of sp³-hybridized carbons (Fsp3) is 0.455. The van der Waals surface area contributed by atoms with Crippen molar-refractivity contribution in [2.75, 3.05) is 0 Å². The smallest absolute Gasteiger partial charge is 0.0169 e. The van der Waals surface area contributed by atoms with Crippen LogP contribution in [-0.4, -0.2) is 0 Å². The lowest BCUT2D eigenvalue weighted by Gasteiger charge is -1.86. The molecule has 0 radical (unpaired) electrons. The van der Waals surface area contributed by atoms with E-state index in [0.717, 1.165) is 77.0 Å². The lowest BCUT2D eigenvalue weighted by molar-refractivity contribution is 0.954. The van der Waals surface area contributed by atoms with Gasteiger partial charge in [0.15, 0.2) is 0 Å². The van der Waals surface area contributed by atoms with Crippen molar-refractivity contribution in [3.05, 3.63) is 146 Å². The number of unbranched alkanes of at least 4 members (excludes halogenated alkanes) is 2. The predicted molar refractivity (Wildman–Crippen MR) is 206 cm³/mol. The van der Waals surface area contributed by atoms with Crippen LogP contribution in [0.4, 0.5) is 0 Å². The highest BCUT2D eigenvalue weighted by atomic mass is 13.8. The number of hydrogen-bond donors (Lipinski definition) is 0. The minimum atomic E-state index is 1.04. The van der Waals surface area contributed by atoms with Crippen molar-refractivity contribution in [3.63, 3.8) is 0 Å². The molecule has 0 amide bonds. The van der Waals surface area contributed by atoms with Gasteiger partial charge in [0.2, 0.25) is 0 Å². The van der Waals surface area contributed by atoms with Crippen LogP contribution in [-0.2, 0) is 0 Å². The van der Waals surface area contributed by atoms with E-state index >= 15 is 0 Å². The highest BCUT2D eigenvalue weighted by Crippen LogP contribution is 1.99. The van der Waals surface area contributed by atoms with Gasteiger partial charge in [-0.2, -0.15) is 0 Å². The van der Waals surface area contributed by atoms with E-state index in [9.17, 15) is 0 Å². The Balaban J connectivity index is 0. The fourth-order valence-electron chi connectivity index (χ4n) is 3.61. The molecule has 0 bridgehead atoms. The van der Waals surface area contributed by atoms with Gasteiger partial charge < -0.3 is 0 Å². The normalized spacial score (nSPS) is 13.4. The molecule has 0 heterocycles. The molecule has 0 saturated heterocycles. The second-order valence-electron chi connectivity index (χ2n) is 10.4. The summed E-state index contributed by atoms with van der Waals surface area (Å²) in [6.45, 7) is 8.75. The van der Waals surface area contributed by atoms with Crippen LogP contribution < -0.4 is 0 Å². The first-order valence-electron chi connectivity index (χ1n) is 17.6. The summed E-state index contributed by atoms with van der Waals surface area (Å²) in [6.07, 6.45) is 71.3. The summed E-state index contributed by atoms with van der Waals surface area (Å²) in [6, 6.07) is 0. The molecule has 0 unspecified atom stereocenters. The molecule has 0 N–H and O–H groups in total. The quantitative estimate of drug-likeness (QED) is 0.0871. The molecule has 0 nitrogen and oxygen atoms in total. The number of hydrogen-bond acceptors (Lipinski definition) is 0. The van der Waals surface area contributed by atoms with Crippen molar-refractivity contribution < 1.29 is 0 Å². The van der Waals surface area contributed by atoms with E-state index in [1.54, 1.807) is 0 Å². The summed E-state index contributed by atoms with van der Waals surface area (Å²) in [5.74, 6) is 0. The van der Waals surface area contributed by atoms with E-state index in [1.807, 2.05) is 0 Å². The number of rotatable bonds is 26. The monoisotopic (exact) mass is 597 g/mol. The van der Waals surface area contributed by atoms with Gasteiger partial charge in [0.1, 0.15) is 0 Å². The van der Waals surface area contributed by atoms with E-state index in [-0.39, 0.29) is 0 Å². The van der Waals surface area contributed by atoms with Gasteiger partial charge in [-0.15, -0.1) is 0 Å². The first-order chi connectivity index (χ1) is 21.8. The maximum atomic E-state index is 2.26.